The molecule has 0 aliphatic carbocycles. The number of ether oxygens (including phenoxy) is 1. The molecule has 2 heterocycles. The van der Waals surface area contributed by atoms with Crippen LogP contribution in [-0.4, -0.2) is 65.2 Å². The summed E-state index contributed by atoms with van der Waals surface area (Å²) in [4.78, 5) is 31.8. The molecule has 0 saturated heterocycles. The van der Waals surface area contributed by atoms with E-state index in [0.717, 1.165) is 24.0 Å². The summed E-state index contributed by atoms with van der Waals surface area (Å²) < 4.78 is 20.2. The number of hydrogen-bond donors (Lipinski definition) is 3. The van der Waals surface area contributed by atoms with E-state index in [4.69, 9.17) is 11.2 Å². The van der Waals surface area contributed by atoms with Crippen LogP contribution in [0.5, 0.6) is 5.75 Å². The van der Waals surface area contributed by atoms with Crippen LogP contribution in [0.15, 0.2) is 36.7 Å². The number of amides is 2. The molecule has 3 rings (SSSR count). The van der Waals surface area contributed by atoms with E-state index in [2.05, 4.69) is 28.5 Å². The molecule has 210 valence electrons. The van der Waals surface area contributed by atoms with Crippen molar-refractivity contribution >= 4 is 11.8 Å². The number of carbonyl (C=O) groups excluding carboxylic acids is 2. The smallest absolute Gasteiger partial charge is 0.244 e. The fourth-order valence-corrected chi connectivity index (χ4v) is 4.59. The van der Waals surface area contributed by atoms with Gasteiger partial charge in [0, 0.05) is 51.4 Å². The molecule has 2 aromatic rings. The fourth-order valence-electron chi connectivity index (χ4n) is 4.59. The number of halogens is 1. The van der Waals surface area contributed by atoms with Gasteiger partial charge in [0.2, 0.25) is 11.8 Å². The monoisotopic (exact) mass is 538 g/mol. The minimum Gasteiger partial charge on any atom is -0.493 e. The van der Waals surface area contributed by atoms with E-state index in [0.29, 0.717) is 37.3 Å². The molecule has 9 heteroatoms. The highest BCUT2D eigenvalue weighted by atomic mass is 19.1. The molecular weight excluding hydrogens is 499 g/mol. The summed E-state index contributed by atoms with van der Waals surface area (Å²) in [6, 6.07) is 4.80. The first kappa shape index (κ1) is 30.1. The van der Waals surface area contributed by atoms with Crippen LogP contribution in [0, 0.1) is 18.2 Å². The van der Waals surface area contributed by atoms with Crippen LogP contribution in [0.4, 0.5) is 4.39 Å². The van der Waals surface area contributed by atoms with Crippen LogP contribution in [0.3, 0.4) is 0 Å². The van der Waals surface area contributed by atoms with Crippen LogP contribution < -0.4 is 15.4 Å². The molecule has 0 spiro atoms. The Bertz CT molecular complexity index is 1150. The summed E-state index contributed by atoms with van der Waals surface area (Å²) >= 11 is 0. The third-order valence-electron chi connectivity index (χ3n) is 6.90. The number of carbonyl (C=O) groups is 2. The van der Waals surface area contributed by atoms with Crippen molar-refractivity contribution < 1.29 is 23.8 Å². The van der Waals surface area contributed by atoms with Gasteiger partial charge in [-0.1, -0.05) is 13.0 Å². The molecule has 1 aromatic heterocycles. The Morgan fingerprint density at radius 3 is 2.79 bits per heavy atom. The van der Waals surface area contributed by atoms with Crippen molar-refractivity contribution in [3.63, 3.8) is 0 Å². The predicted octanol–water partition coefficient (Wildman–Crippen LogP) is 2.76. The molecule has 1 aromatic carbocycles. The third kappa shape index (κ3) is 9.34. The number of rotatable bonds is 7. The molecule has 0 saturated carbocycles. The normalized spacial score (nSPS) is 20.0. The van der Waals surface area contributed by atoms with Gasteiger partial charge in [-0.2, -0.15) is 0 Å². The first-order chi connectivity index (χ1) is 18.8. The number of likely N-dealkylation sites (N-methyl/N-ethyl adjacent to an activating group) is 1. The highest BCUT2D eigenvalue weighted by molar-refractivity contribution is 5.88. The lowest BCUT2D eigenvalue weighted by atomic mass is 9.99. The van der Waals surface area contributed by atoms with Gasteiger partial charge in [0.05, 0.1) is 18.8 Å². The van der Waals surface area contributed by atoms with E-state index in [9.17, 15) is 19.1 Å². The van der Waals surface area contributed by atoms with E-state index in [1.165, 1.54) is 17.0 Å². The Hall–Kier alpha value is -3.48. The zero-order valence-corrected chi connectivity index (χ0v) is 22.8. The van der Waals surface area contributed by atoms with Crippen molar-refractivity contribution in [2.45, 2.75) is 76.6 Å². The van der Waals surface area contributed by atoms with Gasteiger partial charge in [-0.05, 0) is 60.9 Å². The Kier molecular flexibility index (Phi) is 11.7. The van der Waals surface area contributed by atoms with Crippen LogP contribution in [0.25, 0.3) is 0 Å². The van der Waals surface area contributed by atoms with Crippen LogP contribution in [0.2, 0.25) is 0 Å². The van der Waals surface area contributed by atoms with Gasteiger partial charge >= 0.3 is 0 Å². The van der Waals surface area contributed by atoms with Crippen LogP contribution >= 0.6 is 0 Å². The molecule has 2 amide bonds. The first-order valence-electron chi connectivity index (χ1n) is 13.5. The number of aliphatic hydroxyl groups excluding tert-OH is 1. The maximum Gasteiger partial charge on any atom is 0.244 e. The largest absolute Gasteiger partial charge is 0.493 e. The van der Waals surface area contributed by atoms with E-state index in [1.54, 1.807) is 19.3 Å². The summed E-state index contributed by atoms with van der Waals surface area (Å²) in [5, 5.41) is 17.3. The number of nitrogens with zero attached hydrogens (tertiary/aromatic N) is 2. The standard InChI is InChI=1S/C30H39FN4O4/c1-4-9-27-30(38)34-26(28(36)20-33-19-23-12-21(5-2)17-32-18-23)15-22-13-24(31)16-25(14-22)39-11-8-6-7-10-29(37)35(27)3/h1,12-14,16-18,26-28,33,36H,5-11,15,19-20H2,2-3H3,(H,34,38)/t26-,27-,28+/m0/s1. The molecular formula is C30H39FN4O4. The molecule has 39 heavy (non-hydrogen) atoms. The number of fused-ring (bicyclic) bond motifs is 2. The lowest BCUT2D eigenvalue weighted by Crippen LogP contribution is -2.55. The highest BCUT2D eigenvalue weighted by Crippen LogP contribution is 2.20. The first-order valence-corrected chi connectivity index (χ1v) is 13.5. The van der Waals surface area contributed by atoms with Gasteiger partial charge in [-0.25, -0.2) is 4.39 Å². The molecule has 3 atom stereocenters. The number of nitrogens with one attached hydrogen (secondary N) is 2. The maximum atomic E-state index is 14.4. The molecule has 3 N–H and O–H groups in total. The minimum absolute atomic E-state index is 0.0356. The van der Waals surface area contributed by atoms with Gasteiger partial charge in [0.15, 0.2) is 0 Å². The second kappa shape index (κ2) is 15.2. The summed E-state index contributed by atoms with van der Waals surface area (Å²) in [5.74, 6) is 1.78. The van der Waals surface area contributed by atoms with Crippen LogP contribution in [0.1, 0.15) is 55.7 Å². The minimum atomic E-state index is -1.02. The number of pyridine rings is 1. The summed E-state index contributed by atoms with van der Waals surface area (Å²) in [6.07, 6.45) is 11.5. The van der Waals surface area contributed by atoms with Crippen LogP contribution in [-0.2, 0) is 29.0 Å². The number of hydrogen-bond acceptors (Lipinski definition) is 6. The summed E-state index contributed by atoms with van der Waals surface area (Å²) in [7, 11) is 1.57. The maximum absolute atomic E-state index is 14.4. The van der Waals surface area contributed by atoms with E-state index >= 15 is 0 Å². The van der Waals surface area contributed by atoms with E-state index < -0.39 is 29.9 Å². The zero-order chi connectivity index (χ0) is 28.2. The average Bonchev–Trinajstić information content (AvgIpc) is 2.92. The molecule has 0 fully saturated rings. The van der Waals surface area contributed by atoms with Gasteiger partial charge in [-0.3, -0.25) is 14.6 Å². The molecule has 8 nitrogen and oxygen atoms in total. The third-order valence-corrected chi connectivity index (χ3v) is 6.90. The van der Waals surface area contributed by atoms with Crippen molar-refractivity contribution in [2.75, 3.05) is 20.2 Å². The van der Waals surface area contributed by atoms with Crippen molar-refractivity contribution in [1.82, 2.24) is 20.5 Å². The summed E-state index contributed by atoms with van der Waals surface area (Å²) in [5.41, 5.74) is 2.66. The lowest BCUT2D eigenvalue weighted by molar-refractivity contribution is -0.139. The van der Waals surface area contributed by atoms with Crippen molar-refractivity contribution in [3.05, 3.63) is 59.2 Å². The molecule has 0 radical (unpaired) electrons. The molecule has 0 unspecified atom stereocenters. The predicted molar refractivity (Wildman–Crippen MR) is 147 cm³/mol. The molecule has 2 bridgehead atoms. The Morgan fingerprint density at radius 2 is 2.03 bits per heavy atom. The molecule has 1 aliphatic heterocycles. The Balaban J connectivity index is 1.82. The summed E-state index contributed by atoms with van der Waals surface area (Å²) in [6.45, 7) is 3.09. The van der Waals surface area contributed by atoms with Crippen molar-refractivity contribution in [3.8, 4) is 18.1 Å². The van der Waals surface area contributed by atoms with Gasteiger partial charge in [-0.15, -0.1) is 12.3 Å². The number of aliphatic hydroxyl groups is 1. The quantitative estimate of drug-likeness (QED) is 0.469. The Morgan fingerprint density at radius 1 is 1.23 bits per heavy atom. The second-order valence-electron chi connectivity index (χ2n) is 9.96. The number of terminal acetylenes is 1. The number of aryl methyl sites for hydroxylation is 1. The van der Waals surface area contributed by atoms with E-state index in [-0.39, 0.29) is 31.7 Å². The van der Waals surface area contributed by atoms with Gasteiger partial charge in [0.25, 0.3) is 0 Å². The van der Waals surface area contributed by atoms with E-state index in [1.807, 2.05) is 12.3 Å². The van der Waals surface area contributed by atoms with Gasteiger partial charge < -0.3 is 25.4 Å². The topological polar surface area (TPSA) is 104 Å². The van der Waals surface area contributed by atoms with Crippen molar-refractivity contribution in [1.29, 1.82) is 0 Å². The van der Waals surface area contributed by atoms with Crippen molar-refractivity contribution in [2.24, 2.45) is 0 Å². The second-order valence-corrected chi connectivity index (χ2v) is 9.96. The SMILES string of the molecule is C#CC[C@H]1C(=O)N[C@H]([C@H](O)CNCc2cncc(CC)c2)Cc2cc(F)cc(c2)OCCCCCC(=O)N1C. The van der Waals surface area contributed by atoms with Gasteiger partial charge in [0.1, 0.15) is 17.6 Å². The fraction of sp³-hybridized carbons (Fsp3) is 0.500. The number of benzene rings is 1. The molecule has 1 aliphatic rings. The zero-order valence-electron chi connectivity index (χ0n) is 22.8. The highest BCUT2D eigenvalue weighted by Gasteiger charge is 2.30. The Labute approximate surface area is 230 Å². The number of aromatic nitrogens is 1. The average molecular weight is 539 g/mol. The lowest BCUT2D eigenvalue weighted by Gasteiger charge is -2.30.